The Balaban J connectivity index is 1.70. The Labute approximate surface area is 156 Å². The van der Waals surface area contributed by atoms with Gasteiger partial charge in [-0.2, -0.15) is 4.31 Å². The molecule has 144 valence electrons. The van der Waals surface area contributed by atoms with Crippen molar-refractivity contribution < 1.29 is 13.2 Å². The molecule has 0 aromatic heterocycles. The number of hydrogen-bond acceptors (Lipinski definition) is 4. The van der Waals surface area contributed by atoms with Gasteiger partial charge in [0.1, 0.15) is 0 Å². The number of hydrogen-bond donors (Lipinski definition) is 2. The number of nitrogens with one attached hydrogen (secondary N) is 1. The highest BCUT2D eigenvalue weighted by molar-refractivity contribution is 7.89. The number of rotatable bonds is 5. The number of amides is 1. The Morgan fingerprint density at radius 2 is 1.77 bits per heavy atom. The molecule has 0 atom stereocenters. The van der Waals surface area contributed by atoms with Gasteiger partial charge in [0, 0.05) is 25.2 Å². The van der Waals surface area contributed by atoms with Crippen LogP contribution in [0.15, 0.2) is 29.2 Å². The second-order valence-corrected chi connectivity index (χ2v) is 9.69. The van der Waals surface area contributed by atoms with Crippen molar-refractivity contribution in [3.63, 3.8) is 0 Å². The average molecular weight is 380 g/mol. The van der Waals surface area contributed by atoms with Crippen LogP contribution in [0.4, 0.5) is 0 Å². The van der Waals surface area contributed by atoms with Crippen LogP contribution in [-0.2, 0) is 10.0 Å². The predicted octanol–water partition coefficient (Wildman–Crippen LogP) is 2.11. The first kappa shape index (κ1) is 19.3. The van der Waals surface area contributed by atoms with Crippen LogP contribution in [0.5, 0.6) is 0 Å². The van der Waals surface area contributed by atoms with Gasteiger partial charge in [0.15, 0.2) is 0 Å². The third kappa shape index (κ3) is 3.94. The number of benzene rings is 1. The number of nitrogens with two attached hydrogens (primary N) is 1. The summed E-state index contributed by atoms with van der Waals surface area (Å²) in [7, 11) is -3.49. The van der Waals surface area contributed by atoms with E-state index in [-0.39, 0.29) is 16.3 Å². The molecular formula is C19H29N3O3S. The molecule has 6 nitrogen and oxygen atoms in total. The quantitative estimate of drug-likeness (QED) is 0.819. The molecular weight excluding hydrogens is 350 g/mol. The smallest absolute Gasteiger partial charge is 0.251 e. The SMILES string of the molecule is CC1CCN(S(=O)(=O)c2ccc(C(=O)NC3(CN)CCCC3)cc2)CC1. The molecule has 0 unspecified atom stereocenters. The van der Waals surface area contributed by atoms with Crippen molar-refractivity contribution >= 4 is 15.9 Å². The molecule has 26 heavy (non-hydrogen) atoms. The van der Waals surface area contributed by atoms with Crippen LogP contribution < -0.4 is 11.1 Å². The van der Waals surface area contributed by atoms with Gasteiger partial charge in [-0.25, -0.2) is 8.42 Å². The second kappa shape index (κ2) is 7.66. The van der Waals surface area contributed by atoms with Crippen LogP contribution in [0.25, 0.3) is 0 Å². The van der Waals surface area contributed by atoms with Crippen LogP contribution >= 0.6 is 0 Å². The normalized spacial score (nSPS) is 21.6. The third-order valence-electron chi connectivity index (χ3n) is 5.83. The maximum absolute atomic E-state index is 12.8. The zero-order valence-electron chi connectivity index (χ0n) is 15.4. The number of sulfonamides is 1. The fourth-order valence-corrected chi connectivity index (χ4v) is 5.37. The molecule has 0 radical (unpaired) electrons. The third-order valence-corrected chi connectivity index (χ3v) is 7.74. The molecule has 1 saturated carbocycles. The van der Waals surface area contributed by atoms with E-state index in [0.717, 1.165) is 38.5 Å². The molecule has 7 heteroatoms. The summed E-state index contributed by atoms with van der Waals surface area (Å²) in [6.07, 6.45) is 5.72. The molecule has 1 saturated heterocycles. The van der Waals surface area contributed by atoms with Crippen molar-refractivity contribution in [2.45, 2.75) is 55.9 Å². The van der Waals surface area contributed by atoms with Gasteiger partial charge in [0.2, 0.25) is 10.0 Å². The Bertz CT molecular complexity index is 732. The minimum atomic E-state index is -3.49. The average Bonchev–Trinajstić information content (AvgIpc) is 3.11. The molecule has 1 aliphatic heterocycles. The number of carbonyl (C=O) groups excluding carboxylic acids is 1. The first-order valence-electron chi connectivity index (χ1n) is 9.49. The first-order chi connectivity index (χ1) is 12.4. The first-order valence-corrected chi connectivity index (χ1v) is 10.9. The fourth-order valence-electron chi connectivity index (χ4n) is 3.90. The number of nitrogens with zero attached hydrogens (tertiary/aromatic N) is 1. The van der Waals surface area contributed by atoms with Crippen molar-refractivity contribution in [1.29, 1.82) is 0 Å². The Morgan fingerprint density at radius 1 is 1.19 bits per heavy atom. The monoisotopic (exact) mass is 379 g/mol. The number of piperidine rings is 1. The van der Waals surface area contributed by atoms with E-state index in [4.69, 9.17) is 5.73 Å². The summed E-state index contributed by atoms with van der Waals surface area (Å²) in [5.74, 6) is 0.381. The molecule has 1 aliphatic carbocycles. The van der Waals surface area contributed by atoms with E-state index in [1.807, 2.05) is 0 Å². The Kier molecular flexibility index (Phi) is 5.69. The van der Waals surface area contributed by atoms with Gasteiger partial charge in [0.05, 0.1) is 10.4 Å². The minimum Gasteiger partial charge on any atom is -0.345 e. The van der Waals surface area contributed by atoms with Crippen LogP contribution in [0.3, 0.4) is 0 Å². The summed E-state index contributed by atoms with van der Waals surface area (Å²) in [6.45, 7) is 3.70. The maximum Gasteiger partial charge on any atom is 0.251 e. The summed E-state index contributed by atoms with van der Waals surface area (Å²) < 4.78 is 27.1. The van der Waals surface area contributed by atoms with Crippen molar-refractivity contribution in [3.8, 4) is 0 Å². The van der Waals surface area contributed by atoms with Crippen LogP contribution in [-0.4, -0.2) is 43.8 Å². The lowest BCUT2D eigenvalue weighted by Gasteiger charge is -2.29. The second-order valence-electron chi connectivity index (χ2n) is 7.76. The molecule has 0 spiro atoms. The van der Waals surface area contributed by atoms with Crippen LogP contribution in [0.2, 0.25) is 0 Å². The molecule has 1 aromatic rings. The van der Waals surface area contributed by atoms with Gasteiger partial charge in [0.25, 0.3) is 5.91 Å². The minimum absolute atomic E-state index is 0.187. The van der Waals surface area contributed by atoms with Gasteiger partial charge in [-0.15, -0.1) is 0 Å². The summed E-state index contributed by atoms with van der Waals surface area (Å²) in [4.78, 5) is 12.8. The van der Waals surface area contributed by atoms with E-state index < -0.39 is 10.0 Å². The summed E-state index contributed by atoms with van der Waals surface area (Å²) in [5, 5.41) is 3.06. The van der Waals surface area contributed by atoms with E-state index >= 15 is 0 Å². The predicted molar refractivity (Wildman–Crippen MR) is 101 cm³/mol. The summed E-state index contributed by atoms with van der Waals surface area (Å²) in [5.41, 5.74) is 6.02. The highest BCUT2D eigenvalue weighted by Gasteiger charge is 2.34. The van der Waals surface area contributed by atoms with Gasteiger partial charge in [-0.05, 0) is 55.9 Å². The highest BCUT2D eigenvalue weighted by Crippen LogP contribution is 2.29. The van der Waals surface area contributed by atoms with Gasteiger partial charge in [-0.3, -0.25) is 4.79 Å². The highest BCUT2D eigenvalue weighted by atomic mass is 32.2. The van der Waals surface area contributed by atoms with E-state index in [1.54, 1.807) is 16.4 Å². The lowest BCUT2D eigenvalue weighted by molar-refractivity contribution is 0.0903. The van der Waals surface area contributed by atoms with Crippen molar-refractivity contribution in [1.82, 2.24) is 9.62 Å². The van der Waals surface area contributed by atoms with E-state index in [2.05, 4.69) is 12.2 Å². The van der Waals surface area contributed by atoms with Crippen molar-refractivity contribution in [2.75, 3.05) is 19.6 Å². The number of carbonyl (C=O) groups is 1. The van der Waals surface area contributed by atoms with E-state index in [9.17, 15) is 13.2 Å². The zero-order valence-corrected chi connectivity index (χ0v) is 16.2. The van der Waals surface area contributed by atoms with Crippen LogP contribution in [0, 0.1) is 5.92 Å². The lowest BCUT2D eigenvalue weighted by atomic mass is 9.97. The molecule has 2 aliphatic rings. The molecule has 0 bridgehead atoms. The zero-order chi connectivity index (χ0) is 18.8. The maximum atomic E-state index is 12.8. The molecule has 1 aromatic carbocycles. The topological polar surface area (TPSA) is 92.5 Å². The lowest BCUT2D eigenvalue weighted by Crippen LogP contribution is -2.51. The molecule has 1 amide bonds. The molecule has 3 N–H and O–H groups in total. The molecule has 1 heterocycles. The summed E-state index contributed by atoms with van der Waals surface area (Å²) in [6, 6.07) is 6.25. The molecule has 3 rings (SSSR count). The largest absolute Gasteiger partial charge is 0.345 e. The Hall–Kier alpha value is -1.44. The standard InChI is InChI=1S/C19H29N3O3S/c1-15-8-12-22(13-9-15)26(24,25)17-6-4-16(5-7-17)18(23)21-19(14-20)10-2-3-11-19/h4-7,15H,2-3,8-14,20H2,1H3,(H,21,23). The van der Waals surface area contributed by atoms with Gasteiger partial charge >= 0.3 is 0 Å². The van der Waals surface area contributed by atoms with Crippen molar-refractivity contribution in [2.24, 2.45) is 11.7 Å². The Morgan fingerprint density at radius 3 is 2.31 bits per heavy atom. The molecule has 2 fully saturated rings. The fraction of sp³-hybridized carbons (Fsp3) is 0.632. The van der Waals surface area contributed by atoms with Gasteiger partial charge < -0.3 is 11.1 Å². The van der Waals surface area contributed by atoms with Crippen LogP contribution in [0.1, 0.15) is 55.8 Å². The van der Waals surface area contributed by atoms with E-state index in [1.165, 1.54) is 12.1 Å². The van der Waals surface area contributed by atoms with Crippen molar-refractivity contribution in [3.05, 3.63) is 29.8 Å². The van der Waals surface area contributed by atoms with Gasteiger partial charge in [-0.1, -0.05) is 19.8 Å². The van der Waals surface area contributed by atoms with E-state index in [0.29, 0.717) is 31.1 Å². The summed E-state index contributed by atoms with van der Waals surface area (Å²) >= 11 is 0.